The number of thiophene rings is 3. The van der Waals surface area contributed by atoms with Crippen molar-refractivity contribution in [3.05, 3.63) is 175 Å². The first-order chi connectivity index (χ1) is 36.9. The first kappa shape index (κ1) is 43.3. The zero-order valence-corrected chi connectivity index (χ0v) is 42.0. The molecule has 0 atom stereocenters. The zero-order valence-electron chi connectivity index (χ0n) is 38.7. The number of benzene rings is 6. The van der Waals surface area contributed by atoms with Crippen LogP contribution in [0.3, 0.4) is 0 Å². The second-order valence-corrected chi connectivity index (χ2v) is 23.5. The van der Waals surface area contributed by atoms with Crippen LogP contribution < -0.4 is 50.0 Å². The quantitative estimate of drug-likeness (QED) is 0.0663. The van der Waals surface area contributed by atoms with E-state index in [-0.39, 0.29) is 23.6 Å². The van der Waals surface area contributed by atoms with Crippen molar-refractivity contribution < 1.29 is 38.4 Å². The smallest absolute Gasteiger partial charge is 0.296 e. The van der Waals surface area contributed by atoms with Gasteiger partial charge in [0.05, 0.1) is 67.5 Å². The van der Waals surface area contributed by atoms with Crippen molar-refractivity contribution in [2.75, 3.05) is 31.9 Å². The molecule has 18 heteroatoms. The largest absolute Gasteiger partial charge is 0.321 e. The molecule has 0 bridgehead atoms. The van der Waals surface area contributed by atoms with Crippen LogP contribution in [0.15, 0.2) is 114 Å². The Kier molecular flexibility index (Phi) is 8.71. The topological polar surface area (TPSA) is 209 Å². The number of anilines is 6. The minimum Gasteiger partial charge on any atom is -0.321 e. The van der Waals surface area contributed by atoms with Gasteiger partial charge in [-0.15, -0.1) is 34.0 Å². The highest BCUT2D eigenvalue weighted by atomic mass is 32.2. The maximum absolute atomic E-state index is 13.9. The van der Waals surface area contributed by atoms with Crippen molar-refractivity contribution in [1.82, 2.24) is 0 Å². The van der Waals surface area contributed by atoms with Crippen LogP contribution in [0.25, 0.3) is 59.5 Å². The van der Waals surface area contributed by atoms with Crippen molar-refractivity contribution in [2.45, 2.75) is 12.8 Å². The van der Waals surface area contributed by atoms with Crippen LogP contribution >= 0.6 is 45.8 Å². The van der Waals surface area contributed by atoms with Crippen molar-refractivity contribution >= 4 is 186 Å². The van der Waals surface area contributed by atoms with E-state index in [0.717, 1.165) is 87.2 Å². The average Bonchev–Trinajstić information content (AvgIpc) is 4.41. The number of carbonyl (C=O) groups is 8. The highest BCUT2D eigenvalue weighted by Crippen LogP contribution is 2.51. The molecule has 6 amide bonds. The van der Waals surface area contributed by atoms with Gasteiger partial charge in [-0.2, -0.15) is 0 Å². The summed E-state index contributed by atoms with van der Waals surface area (Å²) in [4.78, 5) is 106. The first-order valence-electron chi connectivity index (χ1n) is 23.9. The van der Waals surface area contributed by atoms with E-state index >= 15 is 0 Å². The average molecular weight is 1070 g/mol. The molecule has 1 fully saturated rings. The molecule has 16 rings (SSSR count). The van der Waals surface area contributed by atoms with E-state index in [2.05, 4.69) is 31.9 Å². The standard InChI is InChI=1S/C58H28N6O8S4/c65-51-31-11-5-23-25(49(31)63-57(51)71)3-9-29-43(55(69)61-47(23)29)39-19-15-35(75-39)33-13-17-37(73-33)41-27-7-1-21-22(46(27)60-53(41)67)2-8-28-42(54(68)59-45(21)28)38-18-14-34(74-38)36-16-20-40(76-36)44-30-10-4-26-24(48(30)62-56(44)70)6-12-32-50(26)64-58(72)52(32)66/h1-15,17-19H,16,20H2,(H,59,68)(H,60,67)(H,61,69)(H,62,70)(H,63,65,71)(H,64,66,72)/b35-33-,36-34-,41-37+,42-38-,43-39-,44-40+. The summed E-state index contributed by atoms with van der Waals surface area (Å²) in [5.41, 5.74) is 9.46. The Morgan fingerprint density at radius 2 is 0.539 bits per heavy atom. The molecule has 0 aliphatic carbocycles. The molecule has 0 unspecified atom stereocenters. The van der Waals surface area contributed by atoms with Crippen molar-refractivity contribution in [3.8, 4) is 0 Å². The third-order valence-corrected chi connectivity index (χ3v) is 20.1. The summed E-state index contributed by atoms with van der Waals surface area (Å²) in [6.07, 6.45) is 1.40. The predicted octanol–water partition coefficient (Wildman–Crippen LogP) is 7.34. The number of carbonyl (C=O) groups excluding carboxylic acids is 8. The van der Waals surface area contributed by atoms with Crippen LogP contribution in [0.2, 0.25) is 0 Å². The zero-order chi connectivity index (χ0) is 51.2. The Labute approximate surface area is 441 Å². The fraction of sp³-hybridized carbons (Fsp3) is 0.0345. The molecule has 76 heavy (non-hydrogen) atoms. The highest BCUT2D eigenvalue weighted by molar-refractivity contribution is 8.12. The maximum Gasteiger partial charge on any atom is 0.296 e. The molecular weight excluding hydrogens is 1040 g/mol. The molecule has 6 N–H and O–H groups in total. The van der Waals surface area contributed by atoms with Crippen molar-refractivity contribution in [2.24, 2.45) is 0 Å². The van der Waals surface area contributed by atoms with Crippen LogP contribution in [0.5, 0.6) is 0 Å². The number of nitrogens with one attached hydrogen (secondary N) is 6. The lowest BCUT2D eigenvalue weighted by Gasteiger charge is -2.09. The minimum absolute atomic E-state index is 0.199. The summed E-state index contributed by atoms with van der Waals surface area (Å²) >= 11 is 6.08. The van der Waals surface area contributed by atoms with Crippen LogP contribution in [-0.4, -0.2) is 47.0 Å². The Morgan fingerprint density at radius 1 is 0.263 bits per heavy atom. The molecule has 10 heterocycles. The van der Waals surface area contributed by atoms with Crippen molar-refractivity contribution in [3.63, 3.8) is 0 Å². The lowest BCUT2D eigenvalue weighted by molar-refractivity contribution is -0.112. The van der Waals surface area contributed by atoms with Crippen LogP contribution in [0, 0.1) is 9.06 Å². The first-order valence-corrected chi connectivity index (χ1v) is 27.2. The molecule has 0 radical (unpaired) electrons. The van der Waals surface area contributed by atoms with Crippen LogP contribution in [-0.2, 0) is 28.8 Å². The van der Waals surface area contributed by atoms with Crippen molar-refractivity contribution in [1.29, 1.82) is 0 Å². The summed E-state index contributed by atoms with van der Waals surface area (Å²) in [6, 6.07) is 33.8. The highest BCUT2D eigenvalue weighted by Gasteiger charge is 2.37. The van der Waals surface area contributed by atoms with Gasteiger partial charge in [-0.1, -0.05) is 72.4 Å². The molecule has 9 aromatic rings. The van der Waals surface area contributed by atoms with Gasteiger partial charge in [0.1, 0.15) is 0 Å². The van der Waals surface area contributed by atoms with Crippen LogP contribution in [0.1, 0.15) is 55.8 Å². The molecule has 6 aromatic carbocycles. The lowest BCUT2D eigenvalue weighted by Crippen LogP contribution is -2.12. The van der Waals surface area contributed by atoms with Gasteiger partial charge in [-0.25, -0.2) is 0 Å². The normalized spacial score (nSPS) is 21.2. The maximum atomic E-state index is 13.9. The van der Waals surface area contributed by atoms with Gasteiger partial charge in [0.15, 0.2) is 0 Å². The van der Waals surface area contributed by atoms with E-state index in [1.54, 1.807) is 36.0 Å². The van der Waals surface area contributed by atoms with E-state index in [1.165, 1.54) is 34.0 Å². The Balaban J connectivity index is 0.724. The van der Waals surface area contributed by atoms with E-state index in [4.69, 9.17) is 0 Å². The molecule has 14 nitrogen and oxygen atoms in total. The second-order valence-electron chi connectivity index (χ2n) is 19.0. The molecule has 7 aliphatic rings. The fourth-order valence-corrected chi connectivity index (χ4v) is 16.4. The SMILES string of the molecule is O=C1Nc2c(ccc3c4c(ccc23)/C(=c2\cc/c(=c3\cc/c(=C5\C(=O)Nc6c5ccc5c7c(ccc65)/C(=c5\cc/c(=C6\CC/C(=C8\C(=O)Nc9c8ccc8c%10c(ccc98)C(=O)C(=O)N%10)S6)s5)C(=O)N7)s3)s2)C(=O)N4)C1=O. The second kappa shape index (κ2) is 15.3. The summed E-state index contributed by atoms with van der Waals surface area (Å²) in [7, 11) is 0. The number of hydrogen-bond acceptors (Lipinski definition) is 12. The van der Waals surface area contributed by atoms with Gasteiger partial charge in [0.25, 0.3) is 47.0 Å². The number of fused-ring (bicyclic) bond motifs is 15. The number of hydrogen-bond donors (Lipinski definition) is 6. The molecular formula is C58H28N6O8S4. The number of amides is 6. The molecule has 362 valence electrons. The Bertz CT molecular complexity index is 4980. The van der Waals surface area contributed by atoms with Gasteiger partial charge >= 0.3 is 0 Å². The van der Waals surface area contributed by atoms with E-state index in [1.807, 2.05) is 84.9 Å². The van der Waals surface area contributed by atoms with E-state index in [9.17, 15) is 38.4 Å². The van der Waals surface area contributed by atoms with Crippen LogP contribution in [0.4, 0.5) is 34.1 Å². The minimum atomic E-state index is -0.674. The van der Waals surface area contributed by atoms with Gasteiger partial charge in [-0.05, 0) is 61.4 Å². The Morgan fingerprint density at radius 3 is 0.934 bits per heavy atom. The monoisotopic (exact) mass is 1060 g/mol. The van der Waals surface area contributed by atoms with E-state index < -0.39 is 23.4 Å². The van der Waals surface area contributed by atoms with Gasteiger partial charge < -0.3 is 31.9 Å². The summed E-state index contributed by atoms with van der Waals surface area (Å²) in [5.74, 6) is -3.39. The van der Waals surface area contributed by atoms with E-state index in [0.29, 0.717) is 84.7 Å². The van der Waals surface area contributed by atoms with Gasteiger partial charge in [0, 0.05) is 91.6 Å². The number of ketones is 2. The molecule has 1 saturated heterocycles. The summed E-state index contributed by atoms with van der Waals surface area (Å²) in [6.45, 7) is 0. The molecule has 3 aromatic heterocycles. The van der Waals surface area contributed by atoms with Gasteiger partial charge in [-0.3, -0.25) is 38.4 Å². The molecule has 0 saturated carbocycles. The number of thioether (sulfide) groups is 1. The Hall–Kier alpha value is -9.07. The third-order valence-electron chi connectivity index (χ3n) is 15.1. The third kappa shape index (κ3) is 5.85. The fourth-order valence-electron chi connectivity index (χ4n) is 11.7. The summed E-state index contributed by atoms with van der Waals surface area (Å²) < 4.78 is 5.24. The number of rotatable bonds is 0. The molecule has 0 spiro atoms. The lowest BCUT2D eigenvalue weighted by atomic mass is 9.97. The molecule has 7 aliphatic heterocycles. The van der Waals surface area contributed by atoms with Gasteiger partial charge in [0.2, 0.25) is 0 Å². The number of Topliss-reactive ketones (excluding diaryl/α,β-unsaturated/α-hetero) is 2. The predicted molar refractivity (Wildman–Crippen MR) is 296 cm³/mol. The number of allylic oxidation sites excluding steroid dienone is 1. The summed E-state index contributed by atoms with van der Waals surface area (Å²) in [5, 5.41) is 22.1.